The quantitative estimate of drug-likeness (QED) is 0.337. The van der Waals surface area contributed by atoms with Gasteiger partial charge in [-0.15, -0.1) is 11.3 Å². The van der Waals surface area contributed by atoms with E-state index < -0.39 is 0 Å². The van der Waals surface area contributed by atoms with E-state index in [1.165, 1.54) is 23.1 Å². The molecule has 0 spiro atoms. The zero-order valence-electron chi connectivity index (χ0n) is 16.4. The van der Waals surface area contributed by atoms with Crippen LogP contribution in [0.5, 0.6) is 11.6 Å². The van der Waals surface area contributed by atoms with Crippen LogP contribution in [0.15, 0.2) is 66.2 Å². The molecule has 0 saturated heterocycles. The summed E-state index contributed by atoms with van der Waals surface area (Å²) in [7, 11) is 0. The molecule has 8 heteroatoms. The number of aromatic nitrogens is 2. The monoisotopic (exact) mass is 469 g/mol. The lowest BCUT2D eigenvalue weighted by atomic mass is 10.1. The van der Waals surface area contributed by atoms with E-state index in [4.69, 9.17) is 27.9 Å². The summed E-state index contributed by atoms with van der Waals surface area (Å²) >= 11 is 13.5. The van der Waals surface area contributed by atoms with Crippen molar-refractivity contribution in [2.45, 2.75) is 13.3 Å². The minimum absolute atomic E-state index is 0.149. The third-order valence-electron chi connectivity index (χ3n) is 4.30. The molecule has 4 aromatic rings. The average molecular weight is 470 g/mol. The maximum atomic E-state index is 12.6. The predicted octanol–water partition coefficient (Wildman–Crippen LogP) is 6.79. The van der Waals surface area contributed by atoms with Gasteiger partial charge >= 0.3 is 0 Å². The molecule has 0 radical (unpaired) electrons. The number of nitrogens with one attached hydrogen (secondary N) is 1. The third-order valence-corrected chi connectivity index (χ3v) is 5.72. The smallest absolute Gasteiger partial charge is 0.238 e. The van der Waals surface area contributed by atoms with Gasteiger partial charge in [-0.2, -0.15) is 0 Å². The van der Waals surface area contributed by atoms with Crippen molar-refractivity contribution in [1.29, 1.82) is 0 Å². The summed E-state index contributed by atoms with van der Waals surface area (Å²) in [5.41, 5.74) is 3.43. The second-order valence-electron chi connectivity index (χ2n) is 6.78. The summed E-state index contributed by atoms with van der Waals surface area (Å²) in [6.07, 6.45) is 1.59. The lowest BCUT2D eigenvalue weighted by Crippen LogP contribution is -2.15. The van der Waals surface area contributed by atoms with Crippen LogP contribution in [0.3, 0.4) is 0 Å². The van der Waals surface area contributed by atoms with Crippen LogP contribution in [-0.2, 0) is 11.2 Å². The molecule has 5 nitrogen and oxygen atoms in total. The van der Waals surface area contributed by atoms with Gasteiger partial charge in [0.05, 0.1) is 22.8 Å². The standard InChI is InChI=1S/C23H17Cl2N3O2S/c1-14-5-4-6-15(9-14)23-27-17(13-31-23)11-21(29)28-19-7-2-3-8-20(19)30-22-18(25)10-16(24)12-26-22/h2-10,12-13H,11H2,1H3,(H,28,29). The Morgan fingerprint density at radius 3 is 2.77 bits per heavy atom. The van der Waals surface area contributed by atoms with Gasteiger partial charge in [-0.25, -0.2) is 9.97 Å². The van der Waals surface area contributed by atoms with Gasteiger partial charge in [0, 0.05) is 17.1 Å². The van der Waals surface area contributed by atoms with Crippen molar-refractivity contribution < 1.29 is 9.53 Å². The van der Waals surface area contributed by atoms with Crippen molar-refractivity contribution >= 4 is 46.1 Å². The van der Waals surface area contributed by atoms with E-state index in [1.54, 1.807) is 30.3 Å². The lowest BCUT2D eigenvalue weighted by Gasteiger charge is -2.12. The first kappa shape index (κ1) is 21.3. The van der Waals surface area contributed by atoms with Crippen LogP contribution >= 0.6 is 34.5 Å². The summed E-state index contributed by atoms with van der Waals surface area (Å²) in [6, 6.07) is 16.7. The molecule has 0 fully saturated rings. The fourth-order valence-corrected chi connectivity index (χ4v) is 4.13. The van der Waals surface area contributed by atoms with Crippen LogP contribution in [0.4, 0.5) is 5.69 Å². The Morgan fingerprint density at radius 2 is 1.97 bits per heavy atom. The van der Waals surface area contributed by atoms with Gasteiger partial charge in [0.1, 0.15) is 10.0 Å². The molecular weight excluding hydrogens is 453 g/mol. The van der Waals surface area contributed by atoms with Crippen molar-refractivity contribution in [1.82, 2.24) is 9.97 Å². The predicted molar refractivity (Wildman–Crippen MR) is 125 cm³/mol. The van der Waals surface area contributed by atoms with Crippen LogP contribution in [0.1, 0.15) is 11.3 Å². The van der Waals surface area contributed by atoms with Gasteiger partial charge in [0.15, 0.2) is 5.75 Å². The fourth-order valence-electron chi connectivity index (χ4n) is 2.90. The second-order valence-corrected chi connectivity index (χ2v) is 8.48. The van der Waals surface area contributed by atoms with E-state index >= 15 is 0 Å². The summed E-state index contributed by atoms with van der Waals surface area (Å²) in [6.45, 7) is 2.04. The van der Waals surface area contributed by atoms with E-state index in [0.717, 1.165) is 10.6 Å². The SMILES string of the molecule is Cc1cccc(-c2nc(CC(=O)Nc3ccccc3Oc3ncc(Cl)cc3Cl)cs2)c1. The molecule has 0 bridgehead atoms. The van der Waals surface area contributed by atoms with Crippen molar-refractivity contribution in [2.24, 2.45) is 0 Å². The number of thiazole rings is 1. The number of carbonyl (C=O) groups excluding carboxylic acids is 1. The van der Waals surface area contributed by atoms with E-state index in [1.807, 2.05) is 30.5 Å². The number of carbonyl (C=O) groups is 1. The number of pyridine rings is 1. The molecule has 2 aromatic carbocycles. The number of para-hydroxylation sites is 2. The van der Waals surface area contributed by atoms with Crippen molar-refractivity contribution in [3.8, 4) is 22.2 Å². The largest absolute Gasteiger partial charge is 0.435 e. The van der Waals surface area contributed by atoms with Gasteiger partial charge < -0.3 is 10.1 Å². The molecule has 2 heterocycles. The molecule has 0 aliphatic carbocycles. The highest BCUT2D eigenvalue weighted by Gasteiger charge is 2.14. The molecule has 0 unspecified atom stereocenters. The van der Waals surface area contributed by atoms with Crippen LogP contribution in [0.2, 0.25) is 10.0 Å². The van der Waals surface area contributed by atoms with Crippen LogP contribution in [-0.4, -0.2) is 15.9 Å². The van der Waals surface area contributed by atoms with E-state index in [2.05, 4.69) is 21.4 Å². The fraction of sp³-hybridized carbons (Fsp3) is 0.0870. The molecule has 0 aliphatic rings. The summed E-state index contributed by atoms with van der Waals surface area (Å²) < 4.78 is 5.79. The summed E-state index contributed by atoms with van der Waals surface area (Å²) in [5.74, 6) is 0.425. The van der Waals surface area contributed by atoms with Gasteiger partial charge in [0.2, 0.25) is 11.8 Å². The van der Waals surface area contributed by atoms with Crippen LogP contribution < -0.4 is 10.1 Å². The molecule has 31 heavy (non-hydrogen) atoms. The molecule has 0 atom stereocenters. The summed E-state index contributed by atoms with van der Waals surface area (Å²) in [5, 5.41) is 6.35. The number of rotatable bonds is 6. The van der Waals surface area contributed by atoms with Crippen LogP contribution in [0, 0.1) is 6.92 Å². The number of benzene rings is 2. The number of anilines is 1. The van der Waals surface area contributed by atoms with E-state index in [-0.39, 0.29) is 23.2 Å². The topological polar surface area (TPSA) is 64.1 Å². The molecule has 0 aliphatic heterocycles. The minimum atomic E-state index is -0.202. The molecule has 1 amide bonds. The Kier molecular flexibility index (Phi) is 6.51. The maximum absolute atomic E-state index is 12.6. The van der Waals surface area contributed by atoms with Gasteiger partial charge in [0.25, 0.3) is 0 Å². The Hall–Kier alpha value is -2.93. The van der Waals surface area contributed by atoms with Gasteiger partial charge in [-0.1, -0.05) is 59.1 Å². The molecular formula is C23H17Cl2N3O2S. The highest BCUT2D eigenvalue weighted by atomic mass is 35.5. The van der Waals surface area contributed by atoms with E-state index in [0.29, 0.717) is 22.2 Å². The second kappa shape index (κ2) is 9.47. The number of amides is 1. The Balaban J connectivity index is 1.46. The first-order valence-electron chi connectivity index (χ1n) is 9.37. The Morgan fingerprint density at radius 1 is 1.13 bits per heavy atom. The van der Waals surface area contributed by atoms with E-state index in [9.17, 15) is 4.79 Å². The molecule has 0 saturated carbocycles. The minimum Gasteiger partial charge on any atom is -0.435 e. The molecule has 1 N–H and O–H groups in total. The van der Waals surface area contributed by atoms with Crippen LogP contribution in [0.25, 0.3) is 10.6 Å². The molecule has 2 aromatic heterocycles. The van der Waals surface area contributed by atoms with Gasteiger partial charge in [-0.3, -0.25) is 4.79 Å². The zero-order valence-corrected chi connectivity index (χ0v) is 18.8. The Labute approximate surface area is 193 Å². The van der Waals surface area contributed by atoms with Gasteiger partial charge in [-0.05, 0) is 31.2 Å². The number of hydrogen-bond acceptors (Lipinski definition) is 5. The number of nitrogens with zero attached hydrogens (tertiary/aromatic N) is 2. The normalized spacial score (nSPS) is 10.7. The first-order chi connectivity index (χ1) is 15.0. The van der Waals surface area contributed by atoms with Crippen molar-refractivity contribution in [2.75, 3.05) is 5.32 Å². The molecule has 4 rings (SSSR count). The summed E-state index contributed by atoms with van der Waals surface area (Å²) in [4.78, 5) is 21.3. The zero-order chi connectivity index (χ0) is 21.8. The molecule has 156 valence electrons. The van der Waals surface area contributed by atoms with Crippen molar-refractivity contribution in [3.05, 3.63) is 87.5 Å². The highest BCUT2D eigenvalue weighted by molar-refractivity contribution is 7.13. The number of hydrogen-bond donors (Lipinski definition) is 1. The van der Waals surface area contributed by atoms with Crippen molar-refractivity contribution in [3.63, 3.8) is 0 Å². The number of ether oxygens (including phenoxy) is 1. The first-order valence-corrected chi connectivity index (χ1v) is 11.0. The number of halogens is 2. The maximum Gasteiger partial charge on any atom is 0.238 e. The lowest BCUT2D eigenvalue weighted by molar-refractivity contribution is -0.115. The highest BCUT2D eigenvalue weighted by Crippen LogP contribution is 2.33. The average Bonchev–Trinajstić information content (AvgIpc) is 3.20. The Bertz CT molecular complexity index is 1240. The third kappa shape index (κ3) is 5.41. The number of aryl methyl sites for hydroxylation is 1.